The van der Waals surface area contributed by atoms with E-state index in [2.05, 4.69) is 15.4 Å². The highest BCUT2D eigenvalue weighted by Crippen LogP contribution is 2.43. The van der Waals surface area contributed by atoms with Crippen molar-refractivity contribution in [3.05, 3.63) is 72.3 Å². The zero-order chi connectivity index (χ0) is 23.0. The van der Waals surface area contributed by atoms with Gasteiger partial charge in [-0.2, -0.15) is 5.10 Å². The van der Waals surface area contributed by atoms with Crippen LogP contribution in [0.5, 0.6) is 0 Å². The molecule has 9 heteroatoms. The molecule has 3 aromatic rings. The number of hydrogen-bond donors (Lipinski definition) is 1. The summed E-state index contributed by atoms with van der Waals surface area (Å²) in [6.45, 7) is 2.53. The summed E-state index contributed by atoms with van der Waals surface area (Å²) >= 11 is 0. The summed E-state index contributed by atoms with van der Waals surface area (Å²) in [5.74, 6) is -0.293. The average molecular weight is 444 g/mol. The number of carbonyl (C=O) groups is 3. The topological polar surface area (TPSA) is 100 Å². The Labute approximate surface area is 191 Å². The minimum Gasteiger partial charge on any atom is -0.352 e. The molecule has 168 valence electrons. The second-order valence-electron chi connectivity index (χ2n) is 8.45. The normalized spacial score (nSPS) is 19.4. The first kappa shape index (κ1) is 20.9. The summed E-state index contributed by atoms with van der Waals surface area (Å²) in [5, 5.41) is 7.01. The van der Waals surface area contributed by atoms with Crippen molar-refractivity contribution in [2.24, 2.45) is 0 Å². The molecule has 33 heavy (non-hydrogen) atoms. The Morgan fingerprint density at radius 1 is 1.12 bits per heavy atom. The van der Waals surface area contributed by atoms with E-state index >= 15 is 0 Å². The largest absolute Gasteiger partial charge is 0.352 e. The van der Waals surface area contributed by atoms with E-state index in [1.165, 1.54) is 6.33 Å². The minimum atomic E-state index is -0.750. The lowest BCUT2D eigenvalue weighted by Gasteiger charge is -2.48. The van der Waals surface area contributed by atoms with Gasteiger partial charge in [-0.05, 0) is 43.2 Å². The van der Waals surface area contributed by atoms with Crippen molar-refractivity contribution in [3.63, 3.8) is 0 Å². The zero-order valence-corrected chi connectivity index (χ0v) is 18.3. The molecule has 1 unspecified atom stereocenters. The van der Waals surface area contributed by atoms with Crippen LogP contribution >= 0.6 is 0 Å². The van der Waals surface area contributed by atoms with Crippen LogP contribution in [0.25, 0.3) is 5.69 Å². The van der Waals surface area contributed by atoms with E-state index in [4.69, 9.17) is 0 Å². The van der Waals surface area contributed by atoms with Gasteiger partial charge in [0.25, 0.3) is 5.91 Å². The van der Waals surface area contributed by atoms with Gasteiger partial charge in [0, 0.05) is 25.9 Å². The Balaban J connectivity index is 1.23. The molecule has 2 aliphatic rings. The Morgan fingerprint density at radius 3 is 2.67 bits per heavy atom. The molecular weight excluding hydrogens is 420 g/mol. The fraction of sp³-hybridized carbons (Fsp3) is 0.292. The van der Waals surface area contributed by atoms with Crippen LogP contribution in [-0.2, 0) is 16.1 Å². The van der Waals surface area contributed by atoms with Crippen LogP contribution in [0.15, 0.2) is 61.2 Å². The zero-order valence-electron chi connectivity index (χ0n) is 18.3. The first-order valence-electron chi connectivity index (χ1n) is 10.9. The lowest BCUT2D eigenvalue weighted by atomic mass is 9.98. The highest BCUT2D eigenvalue weighted by Gasteiger charge is 2.52. The third kappa shape index (κ3) is 3.65. The van der Waals surface area contributed by atoms with Gasteiger partial charge in [-0.1, -0.05) is 24.3 Å². The summed E-state index contributed by atoms with van der Waals surface area (Å²) in [6, 6.07) is 14.8. The maximum Gasteiger partial charge on any atom is 0.257 e. The van der Waals surface area contributed by atoms with Crippen molar-refractivity contribution in [2.75, 3.05) is 11.4 Å². The number of aromatic nitrogens is 3. The van der Waals surface area contributed by atoms with E-state index in [9.17, 15) is 14.4 Å². The lowest BCUT2D eigenvalue weighted by molar-refractivity contribution is -0.121. The quantitative estimate of drug-likeness (QED) is 0.629. The molecule has 1 aromatic heterocycles. The number of nitrogens with zero attached hydrogens (tertiary/aromatic N) is 5. The molecule has 2 aliphatic heterocycles. The number of nitrogens with one attached hydrogen (secondary N) is 1. The Morgan fingerprint density at radius 2 is 1.91 bits per heavy atom. The fourth-order valence-corrected chi connectivity index (χ4v) is 4.65. The van der Waals surface area contributed by atoms with E-state index in [-0.39, 0.29) is 30.7 Å². The molecule has 2 aromatic carbocycles. The third-order valence-electron chi connectivity index (χ3n) is 6.42. The standard InChI is InChI=1S/C24H24N6O3/c1-24-12-10-22(32)30(24)20-5-3-2-4-19(20)23(33)28(24)13-11-21(31)26-14-17-6-8-18(9-7-17)29-16-25-15-27-29/h2-9,15-16H,10-14H2,1H3,(H,26,31). The van der Waals surface area contributed by atoms with Crippen LogP contribution in [0.1, 0.15) is 42.1 Å². The molecule has 0 saturated carbocycles. The van der Waals surface area contributed by atoms with Gasteiger partial charge >= 0.3 is 0 Å². The van der Waals surface area contributed by atoms with Gasteiger partial charge in [0.05, 0.1) is 16.9 Å². The monoisotopic (exact) mass is 444 g/mol. The van der Waals surface area contributed by atoms with E-state index in [0.29, 0.717) is 30.6 Å². The van der Waals surface area contributed by atoms with Crippen LogP contribution in [0.4, 0.5) is 5.69 Å². The molecular formula is C24H24N6O3. The molecule has 3 amide bonds. The van der Waals surface area contributed by atoms with E-state index < -0.39 is 5.66 Å². The molecule has 0 radical (unpaired) electrons. The van der Waals surface area contributed by atoms with Gasteiger partial charge in [-0.25, -0.2) is 9.67 Å². The molecule has 1 N–H and O–H groups in total. The lowest BCUT2D eigenvalue weighted by Crippen LogP contribution is -2.62. The van der Waals surface area contributed by atoms with Gasteiger partial charge in [0.1, 0.15) is 18.3 Å². The van der Waals surface area contributed by atoms with Gasteiger partial charge in [0.2, 0.25) is 11.8 Å². The Kier molecular flexibility index (Phi) is 5.16. The molecule has 9 nitrogen and oxygen atoms in total. The van der Waals surface area contributed by atoms with Gasteiger partial charge in [-0.15, -0.1) is 0 Å². The summed E-state index contributed by atoms with van der Waals surface area (Å²) in [5.41, 5.74) is 2.24. The summed E-state index contributed by atoms with van der Waals surface area (Å²) in [6.07, 6.45) is 4.18. The number of amides is 3. The number of benzene rings is 2. The first-order valence-corrected chi connectivity index (χ1v) is 10.9. The van der Waals surface area contributed by atoms with Crippen molar-refractivity contribution < 1.29 is 14.4 Å². The summed E-state index contributed by atoms with van der Waals surface area (Å²) < 4.78 is 1.66. The second-order valence-corrected chi connectivity index (χ2v) is 8.45. The molecule has 1 atom stereocenters. The van der Waals surface area contributed by atoms with Crippen molar-refractivity contribution >= 4 is 23.4 Å². The molecule has 0 bridgehead atoms. The van der Waals surface area contributed by atoms with Crippen LogP contribution in [0, 0.1) is 0 Å². The Bertz CT molecular complexity index is 1210. The smallest absolute Gasteiger partial charge is 0.257 e. The maximum absolute atomic E-state index is 13.2. The van der Waals surface area contributed by atoms with Crippen LogP contribution in [0.2, 0.25) is 0 Å². The molecule has 5 rings (SSSR count). The maximum atomic E-state index is 13.2. The van der Waals surface area contributed by atoms with Crippen molar-refractivity contribution in [3.8, 4) is 5.69 Å². The molecule has 0 spiro atoms. The van der Waals surface area contributed by atoms with Crippen molar-refractivity contribution in [2.45, 2.75) is 38.4 Å². The third-order valence-corrected chi connectivity index (χ3v) is 6.42. The summed E-state index contributed by atoms with van der Waals surface area (Å²) in [4.78, 5) is 45.8. The van der Waals surface area contributed by atoms with Gasteiger partial charge in [-0.3, -0.25) is 19.3 Å². The van der Waals surface area contributed by atoms with Gasteiger partial charge < -0.3 is 10.2 Å². The number of anilines is 1. The van der Waals surface area contributed by atoms with Crippen molar-refractivity contribution in [1.82, 2.24) is 25.0 Å². The predicted octanol–water partition coefficient (Wildman–Crippen LogP) is 2.27. The molecule has 0 aliphatic carbocycles. The summed E-state index contributed by atoms with van der Waals surface area (Å²) in [7, 11) is 0. The average Bonchev–Trinajstić information content (AvgIpc) is 3.47. The number of hydrogen-bond acceptors (Lipinski definition) is 5. The minimum absolute atomic E-state index is 0.00115. The van der Waals surface area contributed by atoms with Crippen molar-refractivity contribution in [1.29, 1.82) is 0 Å². The number of para-hydroxylation sites is 1. The van der Waals surface area contributed by atoms with Gasteiger partial charge in [0.15, 0.2) is 0 Å². The highest BCUT2D eigenvalue weighted by molar-refractivity contribution is 6.10. The number of carbonyl (C=O) groups excluding carboxylic acids is 3. The molecule has 1 fully saturated rings. The number of fused-ring (bicyclic) bond motifs is 3. The SMILES string of the molecule is CC12CCC(=O)N1c1ccccc1C(=O)N2CCC(=O)NCc1ccc(-n2cncn2)cc1. The highest BCUT2D eigenvalue weighted by atomic mass is 16.2. The first-order chi connectivity index (χ1) is 16.0. The van der Waals surface area contributed by atoms with Crippen LogP contribution in [-0.4, -0.2) is 49.6 Å². The fourth-order valence-electron chi connectivity index (χ4n) is 4.65. The second kappa shape index (κ2) is 8.16. The Hall–Kier alpha value is -4.01. The van der Waals surface area contributed by atoms with E-state index in [1.807, 2.05) is 43.3 Å². The molecule has 1 saturated heterocycles. The predicted molar refractivity (Wildman–Crippen MR) is 120 cm³/mol. The van der Waals surface area contributed by atoms with Crippen LogP contribution < -0.4 is 10.2 Å². The van der Waals surface area contributed by atoms with E-state index in [0.717, 1.165) is 11.3 Å². The number of rotatable bonds is 6. The van der Waals surface area contributed by atoms with E-state index in [1.54, 1.807) is 32.9 Å². The molecule has 3 heterocycles. The van der Waals surface area contributed by atoms with Crippen LogP contribution in [0.3, 0.4) is 0 Å².